The molecular weight excluding hydrogens is 290 g/mol. The molecule has 2 rings (SSSR count). The Labute approximate surface area is 126 Å². The number of hydrogen-bond acceptors (Lipinski definition) is 5. The minimum atomic E-state index is -0.599. The van der Waals surface area contributed by atoms with Crippen molar-refractivity contribution in [1.82, 2.24) is 20.0 Å². The van der Waals surface area contributed by atoms with E-state index in [1.165, 1.54) is 11.3 Å². The van der Waals surface area contributed by atoms with Crippen molar-refractivity contribution in [3.8, 4) is 0 Å². The molecule has 0 radical (unpaired) electrons. The summed E-state index contributed by atoms with van der Waals surface area (Å²) in [5.74, 6) is -0.551. The van der Waals surface area contributed by atoms with Gasteiger partial charge in [0.05, 0.1) is 24.8 Å². The third-order valence-corrected chi connectivity index (χ3v) is 3.82. The van der Waals surface area contributed by atoms with E-state index in [-0.39, 0.29) is 24.3 Å². The van der Waals surface area contributed by atoms with Gasteiger partial charge in [-0.05, 0) is 5.92 Å². The molecule has 0 saturated heterocycles. The Hall–Kier alpha value is -1.93. The lowest BCUT2D eigenvalue weighted by Crippen LogP contribution is -2.47. The summed E-state index contributed by atoms with van der Waals surface area (Å²) in [4.78, 5) is 28.5. The zero-order chi connectivity index (χ0) is 15.4. The number of carbonyl (C=O) groups excluding carboxylic acids is 2. The average Bonchev–Trinajstić information content (AvgIpc) is 3.02. The summed E-state index contributed by atoms with van der Waals surface area (Å²) >= 11 is 1.53. The van der Waals surface area contributed by atoms with Crippen LogP contribution in [0, 0.1) is 5.92 Å². The lowest BCUT2D eigenvalue weighted by atomic mass is 10.1. The van der Waals surface area contributed by atoms with Gasteiger partial charge in [-0.3, -0.25) is 14.0 Å². The number of aromatic nitrogens is 2. The van der Waals surface area contributed by atoms with Crippen molar-refractivity contribution in [2.75, 3.05) is 6.54 Å². The van der Waals surface area contributed by atoms with Crippen LogP contribution in [0.3, 0.4) is 0 Å². The number of imidazole rings is 1. The maximum Gasteiger partial charge on any atom is 0.239 e. The first kappa shape index (κ1) is 15.5. The summed E-state index contributed by atoms with van der Waals surface area (Å²) in [6, 6.07) is -0.599. The molecule has 2 amide bonds. The Morgan fingerprint density at radius 2 is 2.19 bits per heavy atom. The van der Waals surface area contributed by atoms with Crippen molar-refractivity contribution in [1.29, 1.82) is 0 Å². The topological polar surface area (TPSA) is 102 Å². The summed E-state index contributed by atoms with van der Waals surface area (Å²) in [6.07, 6.45) is 3.77. The van der Waals surface area contributed by atoms with Gasteiger partial charge in [-0.25, -0.2) is 4.98 Å². The lowest BCUT2D eigenvalue weighted by Gasteiger charge is -2.14. The smallest absolute Gasteiger partial charge is 0.239 e. The van der Waals surface area contributed by atoms with E-state index >= 15 is 0 Å². The highest BCUT2D eigenvalue weighted by atomic mass is 32.1. The molecule has 2 aromatic rings. The molecule has 8 heteroatoms. The standard InChI is InChI=1S/C13H19N5O2S/c1-8(2)11(14)12(20)16-6-10(19)15-5-9-7-18-3-4-21-13(18)17-9/h3-4,7-8,11H,5-6,14H2,1-2H3,(H,15,19)(H,16,20)/t11-/m0/s1. The van der Waals surface area contributed by atoms with Gasteiger partial charge in [0.25, 0.3) is 0 Å². The number of carbonyl (C=O) groups is 2. The molecule has 7 nitrogen and oxygen atoms in total. The van der Waals surface area contributed by atoms with E-state index in [0.29, 0.717) is 6.54 Å². The van der Waals surface area contributed by atoms with Crippen LogP contribution in [0.25, 0.3) is 4.96 Å². The van der Waals surface area contributed by atoms with Crippen LogP contribution < -0.4 is 16.4 Å². The maximum atomic E-state index is 11.7. The van der Waals surface area contributed by atoms with E-state index in [2.05, 4.69) is 15.6 Å². The fraction of sp³-hybridized carbons (Fsp3) is 0.462. The van der Waals surface area contributed by atoms with Crippen molar-refractivity contribution >= 4 is 28.1 Å². The van der Waals surface area contributed by atoms with Crippen molar-refractivity contribution in [2.45, 2.75) is 26.4 Å². The number of nitrogens with zero attached hydrogens (tertiary/aromatic N) is 2. The Morgan fingerprint density at radius 1 is 1.43 bits per heavy atom. The molecule has 0 aliphatic heterocycles. The number of nitrogens with two attached hydrogens (primary N) is 1. The average molecular weight is 309 g/mol. The molecule has 1 atom stereocenters. The number of thiazole rings is 1. The summed E-state index contributed by atoms with van der Waals surface area (Å²) in [5, 5.41) is 7.17. The molecular formula is C13H19N5O2S. The third kappa shape index (κ3) is 4.02. The minimum Gasteiger partial charge on any atom is -0.349 e. The summed E-state index contributed by atoms with van der Waals surface area (Å²) in [5.41, 5.74) is 6.47. The monoisotopic (exact) mass is 309 g/mol. The Morgan fingerprint density at radius 3 is 2.86 bits per heavy atom. The second-order valence-electron chi connectivity index (χ2n) is 5.09. The van der Waals surface area contributed by atoms with Gasteiger partial charge in [-0.2, -0.15) is 0 Å². The predicted octanol–water partition coefficient (Wildman–Crippen LogP) is 0.112. The van der Waals surface area contributed by atoms with Crippen LogP contribution in [0.1, 0.15) is 19.5 Å². The predicted molar refractivity (Wildman–Crippen MR) is 80.7 cm³/mol. The molecule has 2 aromatic heterocycles. The molecule has 0 aliphatic carbocycles. The van der Waals surface area contributed by atoms with Crippen LogP contribution in [0.2, 0.25) is 0 Å². The largest absolute Gasteiger partial charge is 0.349 e. The molecule has 0 aromatic carbocycles. The Balaban J connectivity index is 1.75. The van der Waals surface area contributed by atoms with E-state index in [9.17, 15) is 9.59 Å². The van der Waals surface area contributed by atoms with Gasteiger partial charge in [0, 0.05) is 17.8 Å². The molecule has 0 fully saturated rings. The second kappa shape index (κ2) is 6.68. The van der Waals surface area contributed by atoms with Gasteiger partial charge < -0.3 is 16.4 Å². The Kier molecular flexibility index (Phi) is 4.92. The number of fused-ring (bicyclic) bond motifs is 1. The zero-order valence-corrected chi connectivity index (χ0v) is 12.8. The van der Waals surface area contributed by atoms with E-state index in [4.69, 9.17) is 5.73 Å². The number of rotatable bonds is 6. The first-order chi connectivity index (χ1) is 9.97. The van der Waals surface area contributed by atoms with Crippen LogP contribution in [0.4, 0.5) is 0 Å². The lowest BCUT2D eigenvalue weighted by molar-refractivity contribution is -0.127. The first-order valence-corrected chi connectivity index (χ1v) is 7.56. The van der Waals surface area contributed by atoms with Gasteiger partial charge in [0.1, 0.15) is 0 Å². The van der Waals surface area contributed by atoms with Crippen LogP contribution in [-0.4, -0.2) is 33.8 Å². The SMILES string of the molecule is CC(C)[C@H](N)C(=O)NCC(=O)NCc1cn2ccsc2n1. The normalized spacial score (nSPS) is 12.6. The van der Waals surface area contributed by atoms with Crippen molar-refractivity contribution in [2.24, 2.45) is 11.7 Å². The first-order valence-electron chi connectivity index (χ1n) is 6.68. The minimum absolute atomic E-state index is 0.0338. The van der Waals surface area contributed by atoms with Crippen molar-refractivity contribution in [3.05, 3.63) is 23.5 Å². The van der Waals surface area contributed by atoms with E-state index in [1.54, 1.807) is 0 Å². The summed E-state index contributed by atoms with van der Waals surface area (Å²) < 4.78 is 1.90. The van der Waals surface area contributed by atoms with Gasteiger partial charge in [0.15, 0.2) is 4.96 Å². The molecule has 2 heterocycles. The molecule has 114 valence electrons. The van der Waals surface area contributed by atoms with E-state index in [0.717, 1.165) is 10.7 Å². The molecule has 0 bridgehead atoms. The van der Waals surface area contributed by atoms with Crippen LogP contribution in [0.15, 0.2) is 17.8 Å². The summed E-state index contributed by atoms with van der Waals surface area (Å²) in [7, 11) is 0. The highest BCUT2D eigenvalue weighted by Gasteiger charge is 2.17. The molecule has 4 N–H and O–H groups in total. The van der Waals surface area contributed by atoms with Crippen molar-refractivity contribution < 1.29 is 9.59 Å². The van der Waals surface area contributed by atoms with Crippen LogP contribution >= 0.6 is 11.3 Å². The van der Waals surface area contributed by atoms with Crippen LogP contribution in [0.5, 0.6) is 0 Å². The van der Waals surface area contributed by atoms with Crippen molar-refractivity contribution in [3.63, 3.8) is 0 Å². The van der Waals surface area contributed by atoms with Gasteiger partial charge in [-0.1, -0.05) is 13.8 Å². The molecule has 0 aliphatic rings. The van der Waals surface area contributed by atoms with Gasteiger partial charge in [0.2, 0.25) is 11.8 Å². The summed E-state index contributed by atoms with van der Waals surface area (Å²) in [6.45, 7) is 3.96. The number of amides is 2. The molecule has 0 unspecified atom stereocenters. The molecule has 0 spiro atoms. The van der Waals surface area contributed by atoms with E-state index in [1.807, 2.05) is 36.0 Å². The highest BCUT2D eigenvalue weighted by Crippen LogP contribution is 2.10. The second-order valence-corrected chi connectivity index (χ2v) is 5.96. The fourth-order valence-corrected chi connectivity index (χ4v) is 2.42. The van der Waals surface area contributed by atoms with E-state index < -0.39 is 6.04 Å². The fourth-order valence-electron chi connectivity index (χ4n) is 1.70. The number of nitrogens with one attached hydrogen (secondary N) is 2. The Bertz CT molecular complexity index is 605. The molecule has 21 heavy (non-hydrogen) atoms. The zero-order valence-electron chi connectivity index (χ0n) is 12.0. The van der Waals surface area contributed by atoms with Gasteiger partial charge >= 0.3 is 0 Å². The quantitative estimate of drug-likeness (QED) is 0.705. The van der Waals surface area contributed by atoms with Crippen LogP contribution in [-0.2, 0) is 16.1 Å². The van der Waals surface area contributed by atoms with Gasteiger partial charge in [-0.15, -0.1) is 11.3 Å². The third-order valence-electron chi connectivity index (χ3n) is 3.05. The highest BCUT2D eigenvalue weighted by molar-refractivity contribution is 7.15. The maximum absolute atomic E-state index is 11.7. The number of hydrogen-bond donors (Lipinski definition) is 3. The molecule has 0 saturated carbocycles.